The van der Waals surface area contributed by atoms with Gasteiger partial charge in [-0.05, 0) is 6.92 Å². The van der Waals surface area contributed by atoms with Crippen molar-refractivity contribution in [2.24, 2.45) is 0 Å². The van der Waals surface area contributed by atoms with Gasteiger partial charge < -0.3 is 9.52 Å². The molecule has 0 aliphatic rings. The number of carboxylic acids is 1. The molecule has 0 saturated carbocycles. The van der Waals surface area contributed by atoms with E-state index in [2.05, 4.69) is 4.42 Å². The lowest BCUT2D eigenvalue weighted by molar-refractivity contribution is -0.138. The lowest BCUT2D eigenvalue weighted by atomic mass is 10.1. The number of furan rings is 1. The molecule has 0 saturated heterocycles. The summed E-state index contributed by atoms with van der Waals surface area (Å²) >= 11 is 0. The number of hydrogen-bond acceptors (Lipinski definition) is 2. The van der Waals surface area contributed by atoms with E-state index in [0.717, 1.165) is 0 Å². The number of alkyl halides is 3. The van der Waals surface area contributed by atoms with Crippen molar-refractivity contribution < 1.29 is 27.5 Å². The number of aryl methyl sites for hydroxylation is 1. The van der Waals surface area contributed by atoms with Crippen LogP contribution in [0.15, 0.2) is 10.7 Å². The molecule has 0 aliphatic carbocycles. The Balaban J connectivity index is 3.31. The molecular weight excluding hydrogens is 189 g/mol. The van der Waals surface area contributed by atoms with Crippen LogP contribution in [0.5, 0.6) is 0 Å². The van der Waals surface area contributed by atoms with E-state index in [-0.39, 0.29) is 5.76 Å². The highest BCUT2D eigenvalue weighted by molar-refractivity contribution is 5.90. The Bertz CT molecular complexity index is 337. The van der Waals surface area contributed by atoms with E-state index in [1.54, 1.807) is 0 Å². The molecule has 3 nitrogen and oxygen atoms in total. The molecule has 0 spiro atoms. The summed E-state index contributed by atoms with van der Waals surface area (Å²) in [5.41, 5.74) is -2.08. The van der Waals surface area contributed by atoms with E-state index in [1.165, 1.54) is 6.92 Å². The summed E-state index contributed by atoms with van der Waals surface area (Å²) in [6.45, 7) is 1.17. The number of aromatic carboxylic acids is 1. The van der Waals surface area contributed by atoms with E-state index in [0.29, 0.717) is 6.26 Å². The molecule has 0 aromatic carbocycles. The van der Waals surface area contributed by atoms with Crippen LogP contribution >= 0.6 is 0 Å². The molecule has 0 unspecified atom stereocenters. The third kappa shape index (κ3) is 1.66. The van der Waals surface area contributed by atoms with E-state index in [4.69, 9.17) is 5.11 Å². The first-order chi connectivity index (χ1) is 5.84. The molecule has 1 rings (SSSR count). The van der Waals surface area contributed by atoms with Gasteiger partial charge in [-0.3, -0.25) is 0 Å². The molecule has 0 radical (unpaired) electrons. The SMILES string of the molecule is Cc1occ(C(F)(F)F)c1C(=O)O. The van der Waals surface area contributed by atoms with Crippen LogP contribution in [0.2, 0.25) is 0 Å². The molecule has 1 aromatic heterocycles. The fourth-order valence-electron chi connectivity index (χ4n) is 0.929. The Morgan fingerprint density at radius 2 is 2.08 bits per heavy atom. The Kier molecular flexibility index (Phi) is 2.07. The van der Waals surface area contributed by atoms with Gasteiger partial charge in [-0.15, -0.1) is 0 Å². The highest BCUT2D eigenvalue weighted by Crippen LogP contribution is 2.34. The molecule has 0 aliphatic heterocycles. The molecule has 1 aromatic rings. The molecular formula is C7H5F3O3. The monoisotopic (exact) mass is 194 g/mol. The highest BCUT2D eigenvalue weighted by atomic mass is 19.4. The maximum absolute atomic E-state index is 12.1. The fourth-order valence-corrected chi connectivity index (χ4v) is 0.929. The molecule has 72 valence electrons. The predicted octanol–water partition coefficient (Wildman–Crippen LogP) is 2.31. The minimum atomic E-state index is -4.69. The molecule has 0 bridgehead atoms. The normalized spacial score (nSPS) is 11.7. The van der Waals surface area contributed by atoms with Crippen molar-refractivity contribution in [3.63, 3.8) is 0 Å². The summed E-state index contributed by atoms with van der Waals surface area (Å²) in [5.74, 6) is -1.89. The molecule has 0 atom stereocenters. The summed E-state index contributed by atoms with van der Waals surface area (Å²) in [4.78, 5) is 10.4. The fraction of sp³-hybridized carbons (Fsp3) is 0.286. The van der Waals surface area contributed by atoms with Crippen LogP contribution in [0, 0.1) is 6.92 Å². The van der Waals surface area contributed by atoms with Gasteiger partial charge in [0.25, 0.3) is 0 Å². The quantitative estimate of drug-likeness (QED) is 0.746. The Labute approximate surface area is 70.8 Å². The average Bonchev–Trinajstić information content (AvgIpc) is 2.28. The van der Waals surface area contributed by atoms with Crippen molar-refractivity contribution in [1.29, 1.82) is 0 Å². The van der Waals surface area contributed by atoms with Crippen LogP contribution < -0.4 is 0 Å². The van der Waals surface area contributed by atoms with Gasteiger partial charge >= 0.3 is 12.1 Å². The predicted molar refractivity (Wildman–Crippen MR) is 35.4 cm³/mol. The van der Waals surface area contributed by atoms with Gasteiger partial charge in [0.2, 0.25) is 0 Å². The number of halogens is 3. The zero-order chi connectivity index (χ0) is 10.2. The first-order valence-corrected chi connectivity index (χ1v) is 3.22. The second kappa shape index (κ2) is 2.79. The van der Waals surface area contributed by atoms with E-state index >= 15 is 0 Å². The number of hydrogen-bond donors (Lipinski definition) is 1. The van der Waals surface area contributed by atoms with Crippen LogP contribution in [-0.4, -0.2) is 11.1 Å². The van der Waals surface area contributed by atoms with Crippen LogP contribution in [0.25, 0.3) is 0 Å². The Morgan fingerprint density at radius 1 is 1.54 bits per heavy atom. The Morgan fingerprint density at radius 3 is 2.38 bits per heavy atom. The summed E-state index contributed by atoms with van der Waals surface area (Å²) < 4.78 is 40.7. The van der Waals surface area contributed by atoms with Gasteiger partial charge in [-0.2, -0.15) is 13.2 Å². The Hall–Kier alpha value is -1.46. The smallest absolute Gasteiger partial charge is 0.420 e. The minimum Gasteiger partial charge on any atom is -0.478 e. The molecule has 0 amide bonds. The van der Waals surface area contributed by atoms with Crippen LogP contribution in [0.1, 0.15) is 21.7 Å². The molecule has 6 heteroatoms. The van der Waals surface area contributed by atoms with Crippen molar-refractivity contribution in [3.05, 3.63) is 23.2 Å². The standard InChI is InChI=1S/C7H5F3O3/c1-3-5(6(11)12)4(2-13-3)7(8,9)10/h2H,1H3,(H,11,12). The van der Waals surface area contributed by atoms with Crippen molar-refractivity contribution in [3.8, 4) is 0 Å². The zero-order valence-corrected chi connectivity index (χ0v) is 6.47. The number of carbonyl (C=O) groups is 1. The topological polar surface area (TPSA) is 50.4 Å². The maximum Gasteiger partial charge on any atom is 0.420 e. The number of carboxylic acid groups (broad SMARTS) is 1. The van der Waals surface area contributed by atoms with Gasteiger partial charge in [-0.1, -0.05) is 0 Å². The molecule has 0 fully saturated rings. The van der Waals surface area contributed by atoms with E-state index in [9.17, 15) is 18.0 Å². The third-order valence-electron chi connectivity index (χ3n) is 1.49. The molecule has 1 heterocycles. The first-order valence-electron chi connectivity index (χ1n) is 3.22. The zero-order valence-electron chi connectivity index (χ0n) is 6.47. The maximum atomic E-state index is 12.1. The van der Waals surface area contributed by atoms with Gasteiger partial charge in [0.05, 0.1) is 0 Å². The lowest BCUT2D eigenvalue weighted by Gasteiger charge is -2.03. The van der Waals surface area contributed by atoms with Gasteiger partial charge in [0.1, 0.15) is 23.2 Å². The van der Waals surface area contributed by atoms with Gasteiger partial charge in [0.15, 0.2) is 0 Å². The summed E-state index contributed by atoms with van der Waals surface area (Å²) in [5, 5.41) is 8.44. The largest absolute Gasteiger partial charge is 0.478 e. The van der Waals surface area contributed by atoms with E-state index < -0.39 is 23.3 Å². The van der Waals surface area contributed by atoms with Crippen molar-refractivity contribution in [2.75, 3.05) is 0 Å². The van der Waals surface area contributed by atoms with Gasteiger partial charge in [-0.25, -0.2) is 4.79 Å². The van der Waals surface area contributed by atoms with Crippen LogP contribution in [0.4, 0.5) is 13.2 Å². The number of rotatable bonds is 1. The van der Waals surface area contributed by atoms with Crippen molar-refractivity contribution in [2.45, 2.75) is 13.1 Å². The second-order valence-corrected chi connectivity index (χ2v) is 2.38. The highest BCUT2D eigenvalue weighted by Gasteiger charge is 2.38. The summed E-state index contributed by atoms with van der Waals surface area (Å²) in [6.07, 6.45) is -4.29. The minimum absolute atomic E-state index is 0.250. The van der Waals surface area contributed by atoms with E-state index in [1.807, 2.05) is 0 Å². The van der Waals surface area contributed by atoms with Crippen molar-refractivity contribution >= 4 is 5.97 Å². The molecule has 1 N–H and O–H groups in total. The summed E-state index contributed by atoms with van der Waals surface area (Å²) in [6, 6.07) is 0. The van der Waals surface area contributed by atoms with Crippen molar-refractivity contribution in [1.82, 2.24) is 0 Å². The first kappa shape index (κ1) is 9.63. The molecule has 13 heavy (non-hydrogen) atoms. The second-order valence-electron chi connectivity index (χ2n) is 2.38. The van der Waals surface area contributed by atoms with Gasteiger partial charge in [0, 0.05) is 0 Å². The summed E-state index contributed by atoms with van der Waals surface area (Å²) in [7, 11) is 0. The average molecular weight is 194 g/mol. The lowest BCUT2D eigenvalue weighted by Crippen LogP contribution is -2.10. The third-order valence-corrected chi connectivity index (χ3v) is 1.49. The van der Waals surface area contributed by atoms with Crippen LogP contribution in [-0.2, 0) is 6.18 Å². The van der Waals surface area contributed by atoms with Crippen LogP contribution in [0.3, 0.4) is 0 Å².